The Morgan fingerprint density at radius 1 is 0.931 bits per heavy atom. The van der Waals surface area contributed by atoms with E-state index < -0.39 is 0 Å². The number of benzene rings is 3. The SMILES string of the molecule is O=C(Cn1c(NCc2ccccc2)nc2ccccc21)N1CCc2ccccc21. The predicted octanol–water partition coefficient (Wildman–Crippen LogP) is 4.24. The molecule has 0 saturated carbocycles. The Kier molecular flexibility index (Phi) is 4.48. The molecule has 0 unspecified atom stereocenters. The molecule has 0 atom stereocenters. The zero-order valence-electron chi connectivity index (χ0n) is 16.1. The van der Waals surface area contributed by atoms with Crippen LogP contribution in [0.4, 0.5) is 11.6 Å². The van der Waals surface area contributed by atoms with Crippen molar-refractivity contribution in [3.63, 3.8) is 0 Å². The van der Waals surface area contributed by atoms with Gasteiger partial charge in [0.15, 0.2) is 0 Å². The third-order valence-corrected chi connectivity index (χ3v) is 5.43. The number of carbonyl (C=O) groups excluding carboxylic acids is 1. The maximum atomic E-state index is 13.2. The summed E-state index contributed by atoms with van der Waals surface area (Å²) < 4.78 is 1.99. The van der Waals surface area contributed by atoms with Crippen LogP contribution in [-0.4, -0.2) is 22.0 Å². The van der Waals surface area contributed by atoms with E-state index in [1.165, 1.54) is 11.1 Å². The van der Waals surface area contributed by atoms with E-state index in [0.29, 0.717) is 6.54 Å². The lowest BCUT2D eigenvalue weighted by molar-refractivity contribution is -0.119. The molecule has 1 aliphatic rings. The lowest BCUT2D eigenvalue weighted by Crippen LogP contribution is -2.32. The molecule has 1 amide bonds. The van der Waals surface area contributed by atoms with Gasteiger partial charge in [-0.1, -0.05) is 60.7 Å². The molecule has 5 nitrogen and oxygen atoms in total. The molecule has 5 rings (SSSR count). The van der Waals surface area contributed by atoms with Crippen molar-refractivity contribution >= 4 is 28.6 Å². The van der Waals surface area contributed by atoms with E-state index in [4.69, 9.17) is 4.98 Å². The highest BCUT2D eigenvalue weighted by Gasteiger charge is 2.25. The summed E-state index contributed by atoms with van der Waals surface area (Å²) in [7, 11) is 0. The number of rotatable bonds is 5. The number of carbonyl (C=O) groups is 1. The first-order valence-electron chi connectivity index (χ1n) is 9.91. The molecule has 5 heteroatoms. The fourth-order valence-electron chi connectivity index (χ4n) is 3.97. The first kappa shape index (κ1) is 17.5. The van der Waals surface area contributed by atoms with Crippen molar-refractivity contribution in [2.75, 3.05) is 16.8 Å². The number of amides is 1. The Hall–Kier alpha value is -3.60. The Labute approximate surface area is 169 Å². The molecule has 0 fully saturated rings. The molecule has 0 radical (unpaired) electrons. The minimum absolute atomic E-state index is 0.0841. The van der Waals surface area contributed by atoms with Crippen molar-refractivity contribution in [1.29, 1.82) is 0 Å². The van der Waals surface area contributed by atoms with E-state index in [1.54, 1.807) is 0 Å². The smallest absolute Gasteiger partial charge is 0.247 e. The van der Waals surface area contributed by atoms with E-state index in [2.05, 4.69) is 23.5 Å². The lowest BCUT2D eigenvalue weighted by atomic mass is 10.2. The standard InChI is InChI=1S/C24H22N4O/c29-23(27-15-14-19-10-4-6-12-21(19)27)17-28-22-13-7-5-11-20(22)26-24(28)25-16-18-8-2-1-3-9-18/h1-13H,14-17H2,(H,25,26). The van der Waals surface area contributed by atoms with Gasteiger partial charge in [0.05, 0.1) is 11.0 Å². The van der Waals surface area contributed by atoms with E-state index >= 15 is 0 Å². The molecule has 0 bridgehead atoms. The van der Waals surface area contributed by atoms with Gasteiger partial charge in [0, 0.05) is 18.8 Å². The lowest BCUT2D eigenvalue weighted by Gasteiger charge is -2.19. The zero-order valence-corrected chi connectivity index (χ0v) is 16.1. The Bertz CT molecular complexity index is 1170. The first-order chi connectivity index (χ1) is 14.3. The molecule has 1 aromatic heterocycles. The quantitative estimate of drug-likeness (QED) is 0.562. The van der Waals surface area contributed by atoms with Crippen molar-refractivity contribution in [2.24, 2.45) is 0 Å². The van der Waals surface area contributed by atoms with Crippen LogP contribution in [0.2, 0.25) is 0 Å². The number of hydrogen-bond acceptors (Lipinski definition) is 3. The molecule has 29 heavy (non-hydrogen) atoms. The number of para-hydroxylation sites is 3. The van der Waals surface area contributed by atoms with Crippen molar-refractivity contribution in [1.82, 2.24) is 9.55 Å². The molecule has 1 N–H and O–H groups in total. The number of nitrogens with one attached hydrogen (secondary N) is 1. The summed E-state index contributed by atoms with van der Waals surface area (Å²) in [6.07, 6.45) is 0.908. The van der Waals surface area contributed by atoms with Crippen LogP contribution in [-0.2, 0) is 24.3 Å². The van der Waals surface area contributed by atoms with Gasteiger partial charge < -0.3 is 14.8 Å². The fraction of sp³-hybridized carbons (Fsp3) is 0.167. The summed E-state index contributed by atoms with van der Waals surface area (Å²) in [5.41, 5.74) is 5.28. The fourth-order valence-corrected chi connectivity index (χ4v) is 3.97. The van der Waals surface area contributed by atoms with Crippen LogP contribution in [0.5, 0.6) is 0 Å². The van der Waals surface area contributed by atoms with Gasteiger partial charge in [0.2, 0.25) is 11.9 Å². The van der Waals surface area contributed by atoms with Gasteiger partial charge in [0.1, 0.15) is 6.54 Å². The van der Waals surface area contributed by atoms with Crippen molar-refractivity contribution in [2.45, 2.75) is 19.5 Å². The summed E-state index contributed by atoms with van der Waals surface area (Å²) in [4.78, 5) is 19.8. The van der Waals surface area contributed by atoms with E-state index in [9.17, 15) is 4.79 Å². The van der Waals surface area contributed by atoms with Crippen LogP contribution in [0, 0.1) is 0 Å². The molecule has 3 aromatic carbocycles. The number of nitrogens with zero attached hydrogens (tertiary/aromatic N) is 3. The van der Waals surface area contributed by atoms with Crippen LogP contribution >= 0.6 is 0 Å². The summed E-state index contributed by atoms with van der Waals surface area (Å²) in [6.45, 7) is 1.65. The highest BCUT2D eigenvalue weighted by Crippen LogP contribution is 2.28. The summed E-state index contributed by atoms with van der Waals surface area (Å²) >= 11 is 0. The molecule has 0 saturated heterocycles. The predicted molar refractivity (Wildman–Crippen MR) is 116 cm³/mol. The summed E-state index contributed by atoms with van der Waals surface area (Å²) in [5.74, 6) is 0.803. The number of aromatic nitrogens is 2. The average molecular weight is 382 g/mol. The minimum Gasteiger partial charge on any atom is -0.352 e. The Morgan fingerprint density at radius 2 is 1.69 bits per heavy atom. The highest BCUT2D eigenvalue weighted by atomic mass is 16.2. The van der Waals surface area contributed by atoms with Gasteiger partial charge in [-0.3, -0.25) is 4.79 Å². The average Bonchev–Trinajstić information content (AvgIpc) is 3.35. The molecule has 4 aromatic rings. The van der Waals surface area contributed by atoms with E-state index in [0.717, 1.165) is 35.6 Å². The van der Waals surface area contributed by atoms with Crippen LogP contribution in [0.15, 0.2) is 78.9 Å². The zero-order chi connectivity index (χ0) is 19.6. The Balaban J connectivity index is 1.43. The number of anilines is 2. The van der Waals surface area contributed by atoms with E-state index in [1.807, 2.05) is 70.1 Å². The van der Waals surface area contributed by atoms with Crippen LogP contribution in [0.3, 0.4) is 0 Å². The van der Waals surface area contributed by atoms with Gasteiger partial charge in [-0.15, -0.1) is 0 Å². The third kappa shape index (κ3) is 3.36. The number of imidazole rings is 1. The normalized spacial score (nSPS) is 12.9. The number of fused-ring (bicyclic) bond motifs is 2. The molecule has 2 heterocycles. The second kappa shape index (κ2) is 7.43. The van der Waals surface area contributed by atoms with Crippen LogP contribution < -0.4 is 10.2 Å². The second-order valence-corrected chi connectivity index (χ2v) is 7.27. The molecule has 1 aliphatic heterocycles. The highest BCUT2D eigenvalue weighted by molar-refractivity contribution is 5.96. The largest absolute Gasteiger partial charge is 0.352 e. The van der Waals surface area contributed by atoms with Gasteiger partial charge in [0.25, 0.3) is 0 Å². The van der Waals surface area contributed by atoms with Gasteiger partial charge >= 0.3 is 0 Å². The van der Waals surface area contributed by atoms with Crippen LogP contribution in [0.1, 0.15) is 11.1 Å². The van der Waals surface area contributed by atoms with Crippen molar-refractivity contribution in [3.8, 4) is 0 Å². The molecule has 144 valence electrons. The van der Waals surface area contributed by atoms with Gasteiger partial charge in [-0.25, -0.2) is 4.98 Å². The molecular formula is C24H22N4O. The van der Waals surface area contributed by atoms with Crippen molar-refractivity contribution < 1.29 is 4.79 Å². The number of hydrogen-bond donors (Lipinski definition) is 1. The molecule has 0 spiro atoms. The summed E-state index contributed by atoms with van der Waals surface area (Å²) in [5, 5.41) is 3.42. The van der Waals surface area contributed by atoms with Crippen LogP contribution in [0.25, 0.3) is 11.0 Å². The van der Waals surface area contributed by atoms with E-state index in [-0.39, 0.29) is 12.5 Å². The second-order valence-electron chi connectivity index (χ2n) is 7.27. The monoisotopic (exact) mass is 382 g/mol. The Morgan fingerprint density at radius 3 is 2.59 bits per heavy atom. The minimum atomic E-state index is 0.0841. The maximum Gasteiger partial charge on any atom is 0.247 e. The molecular weight excluding hydrogens is 360 g/mol. The first-order valence-corrected chi connectivity index (χ1v) is 9.91. The van der Waals surface area contributed by atoms with Gasteiger partial charge in [-0.2, -0.15) is 0 Å². The third-order valence-electron chi connectivity index (χ3n) is 5.43. The topological polar surface area (TPSA) is 50.2 Å². The summed E-state index contributed by atoms with van der Waals surface area (Å²) in [6, 6.07) is 26.3. The maximum absolute atomic E-state index is 13.2. The van der Waals surface area contributed by atoms with Crippen molar-refractivity contribution in [3.05, 3.63) is 90.0 Å². The molecule has 0 aliphatic carbocycles. The van der Waals surface area contributed by atoms with Gasteiger partial charge in [-0.05, 0) is 35.7 Å².